The Labute approximate surface area is 131 Å². The van der Waals surface area contributed by atoms with E-state index in [0.29, 0.717) is 13.1 Å². The number of hydrogen-bond acceptors (Lipinski definition) is 4. The van der Waals surface area contributed by atoms with E-state index in [1.807, 2.05) is 49.3 Å². The lowest BCUT2D eigenvalue weighted by molar-refractivity contribution is -0.146. The van der Waals surface area contributed by atoms with Crippen molar-refractivity contribution in [1.29, 1.82) is 0 Å². The van der Waals surface area contributed by atoms with Crippen LogP contribution in [0.5, 0.6) is 0 Å². The van der Waals surface area contributed by atoms with Gasteiger partial charge in [0.15, 0.2) is 0 Å². The molecule has 0 aromatic heterocycles. The Kier molecular flexibility index (Phi) is 8.17. The highest BCUT2D eigenvalue weighted by Crippen LogP contribution is 2.04. The lowest BCUT2D eigenvalue weighted by Gasteiger charge is -2.21. The first-order chi connectivity index (χ1) is 10.5. The molecule has 0 aliphatic carbocycles. The summed E-state index contributed by atoms with van der Waals surface area (Å²) in [5, 5.41) is 11.7. The summed E-state index contributed by atoms with van der Waals surface area (Å²) in [6, 6.07) is 9.40. The summed E-state index contributed by atoms with van der Waals surface area (Å²) in [6.45, 7) is 1.58. The SMILES string of the molecule is CN(C)CCCNC(=O)C(=O)N(CCO)Cc1ccccc1. The zero-order chi connectivity index (χ0) is 16.4. The Hall–Kier alpha value is -1.92. The number of aliphatic hydroxyl groups excluding tert-OH is 1. The quantitative estimate of drug-likeness (QED) is 0.527. The van der Waals surface area contributed by atoms with E-state index < -0.39 is 11.8 Å². The Morgan fingerprint density at radius 3 is 2.41 bits per heavy atom. The fourth-order valence-electron chi connectivity index (χ4n) is 1.99. The summed E-state index contributed by atoms with van der Waals surface area (Å²) in [6.07, 6.45) is 0.782. The van der Waals surface area contributed by atoms with Crippen LogP contribution < -0.4 is 5.32 Å². The third-order valence-electron chi connectivity index (χ3n) is 3.14. The summed E-state index contributed by atoms with van der Waals surface area (Å²) in [7, 11) is 3.91. The molecule has 0 aliphatic heterocycles. The minimum Gasteiger partial charge on any atom is -0.395 e. The zero-order valence-corrected chi connectivity index (χ0v) is 13.3. The minimum absolute atomic E-state index is 0.138. The molecule has 0 saturated heterocycles. The average Bonchev–Trinajstić information content (AvgIpc) is 2.51. The highest BCUT2D eigenvalue weighted by atomic mass is 16.3. The predicted octanol–water partition coefficient (Wildman–Crippen LogP) is 0.0754. The molecular formula is C16H25N3O3. The first kappa shape index (κ1) is 18.1. The molecule has 1 rings (SSSR count). The summed E-state index contributed by atoms with van der Waals surface area (Å²) >= 11 is 0. The number of carbonyl (C=O) groups is 2. The molecule has 1 aromatic carbocycles. The average molecular weight is 307 g/mol. The van der Waals surface area contributed by atoms with Gasteiger partial charge in [0.1, 0.15) is 0 Å². The number of nitrogens with one attached hydrogen (secondary N) is 1. The Morgan fingerprint density at radius 1 is 1.14 bits per heavy atom. The topological polar surface area (TPSA) is 72.9 Å². The smallest absolute Gasteiger partial charge is 0.312 e. The third-order valence-corrected chi connectivity index (χ3v) is 3.14. The van der Waals surface area contributed by atoms with E-state index in [0.717, 1.165) is 18.5 Å². The van der Waals surface area contributed by atoms with Gasteiger partial charge in [-0.2, -0.15) is 0 Å². The van der Waals surface area contributed by atoms with E-state index in [4.69, 9.17) is 5.11 Å². The fourth-order valence-corrected chi connectivity index (χ4v) is 1.99. The zero-order valence-electron chi connectivity index (χ0n) is 13.3. The van der Waals surface area contributed by atoms with Crippen molar-refractivity contribution < 1.29 is 14.7 Å². The minimum atomic E-state index is -0.622. The van der Waals surface area contributed by atoms with Crippen LogP contribution in [0.25, 0.3) is 0 Å². The van der Waals surface area contributed by atoms with Gasteiger partial charge in [-0.25, -0.2) is 0 Å². The molecule has 22 heavy (non-hydrogen) atoms. The number of benzene rings is 1. The van der Waals surface area contributed by atoms with Gasteiger partial charge in [0, 0.05) is 19.6 Å². The molecule has 0 aliphatic rings. The van der Waals surface area contributed by atoms with E-state index in [-0.39, 0.29) is 13.2 Å². The standard InChI is InChI=1S/C16H25N3O3/c1-18(2)10-6-9-17-15(21)16(22)19(11-12-20)13-14-7-4-3-5-8-14/h3-5,7-8,20H,6,9-13H2,1-2H3,(H,17,21). The van der Waals surface area contributed by atoms with Gasteiger partial charge in [0.05, 0.1) is 6.61 Å². The second kappa shape index (κ2) is 9.92. The highest BCUT2D eigenvalue weighted by molar-refractivity contribution is 6.34. The predicted molar refractivity (Wildman–Crippen MR) is 85.1 cm³/mol. The molecule has 0 atom stereocenters. The van der Waals surface area contributed by atoms with Crippen LogP contribution in [0.3, 0.4) is 0 Å². The van der Waals surface area contributed by atoms with Gasteiger partial charge in [0.25, 0.3) is 0 Å². The van der Waals surface area contributed by atoms with Gasteiger partial charge < -0.3 is 20.2 Å². The first-order valence-corrected chi connectivity index (χ1v) is 7.41. The molecule has 6 heteroatoms. The molecule has 0 unspecified atom stereocenters. The van der Waals surface area contributed by atoms with Crippen LogP contribution in [0.4, 0.5) is 0 Å². The van der Waals surface area contributed by atoms with Crippen LogP contribution in [0.15, 0.2) is 30.3 Å². The second-order valence-electron chi connectivity index (χ2n) is 5.35. The maximum absolute atomic E-state index is 12.2. The van der Waals surface area contributed by atoms with Gasteiger partial charge in [0.2, 0.25) is 0 Å². The third kappa shape index (κ3) is 6.69. The molecule has 0 heterocycles. The van der Waals surface area contributed by atoms with E-state index in [2.05, 4.69) is 5.32 Å². The Balaban J connectivity index is 2.51. The van der Waals surface area contributed by atoms with Crippen molar-refractivity contribution in [3.05, 3.63) is 35.9 Å². The monoisotopic (exact) mass is 307 g/mol. The molecule has 6 nitrogen and oxygen atoms in total. The van der Waals surface area contributed by atoms with Gasteiger partial charge in [-0.05, 0) is 32.6 Å². The van der Waals surface area contributed by atoms with Crippen molar-refractivity contribution in [3.63, 3.8) is 0 Å². The van der Waals surface area contributed by atoms with Crippen molar-refractivity contribution in [2.75, 3.05) is 40.3 Å². The van der Waals surface area contributed by atoms with Gasteiger partial charge >= 0.3 is 11.8 Å². The summed E-state index contributed by atoms with van der Waals surface area (Å²) < 4.78 is 0. The summed E-state index contributed by atoms with van der Waals surface area (Å²) in [5.41, 5.74) is 0.921. The van der Waals surface area contributed by atoms with Crippen molar-refractivity contribution in [3.8, 4) is 0 Å². The summed E-state index contributed by atoms with van der Waals surface area (Å²) in [5.74, 6) is -1.23. The maximum Gasteiger partial charge on any atom is 0.312 e. The molecule has 2 amide bonds. The number of carbonyl (C=O) groups excluding carboxylic acids is 2. The van der Waals surface area contributed by atoms with Crippen LogP contribution in [-0.4, -0.2) is 67.1 Å². The van der Waals surface area contributed by atoms with Crippen LogP contribution in [0, 0.1) is 0 Å². The van der Waals surface area contributed by atoms with E-state index in [1.165, 1.54) is 4.90 Å². The fraction of sp³-hybridized carbons (Fsp3) is 0.500. The molecule has 0 saturated carbocycles. The molecule has 2 N–H and O–H groups in total. The number of amides is 2. The normalized spacial score (nSPS) is 10.5. The molecule has 1 aromatic rings. The summed E-state index contributed by atoms with van der Waals surface area (Å²) in [4.78, 5) is 27.4. The molecule has 0 spiro atoms. The van der Waals surface area contributed by atoms with E-state index in [1.54, 1.807) is 0 Å². The van der Waals surface area contributed by atoms with E-state index >= 15 is 0 Å². The van der Waals surface area contributed by atoms with Crippen LogP contribution in [-0.2, 0) is 16.1 Å². The number of hydrogen-bond donors (Lipinski definition) is 2. The molecular weight excluding hydrogens is 282 g/mol. The lowest BCUT2D eigenvalue weighted by atomic mass is 10.2. The van der Waals surface area contributed by atoms with Gasteiger partial charge in [-0.1, -0.05) is 30.3 Å². The largest absolute Gasteiger partial charge is 0.395 e. The van der Waals surface area contributed by atoms with Crippen molar-refractivity contribution in [2.24, 2.45) is 0 Å². The van der Waals surface area contributed by atoms with Gasteiger partial charge in [-0.3, -0.25) is 9.59 Å². The maximum atomic E-state index is 12.2. The lowest BCUT2D eigenvalue weighted by Crippen LogP contribution is -2.44. The van der Waals surface area contributed by atoms with Crippen molar-refractivity contribution >= 4 is 11.8 Å². The highest BCUT2D eigenvalue weighted by Gasteiger charge is 2.21. The molecule has 0 bridgehead atoms. The molecule has 122 valence electrons. The number of rotatable bonds is 8. The Morgan fingerprint density at radius 2 is 1.82 bits per heavy atom. The number of nitrogens with zero attached hydrogens (tertiary/aromatic N) is 2. The van der Waals surface area contributed by atoms with Crippen molar-refractivity contribution in [1.82, 2.24) is 15.1 Å². The van der Waals surface area contributed by atoms with Crippen LogP contribution in [0.2, 0.25) is 0 Å². The molecule has 0 radical (unpaired) electrons. The second-order valence-corrected chi connectivity index (χ2v) is 5.35. The van der Waals surface area contributed by atoms with Crippen LogP contribution >= 0.6 is 0 Å². The number of aliphatic hydroxyl groups is 1. The Bertz CT molecular complexity index is 463. The van der Waals surface area contributed by atoms with E-state index in [9.17, 15) is 9.59 Å². The van der Waals surface area contributed by atoms with Gasteiger partial charge in [-0.15, -0.1) is 0 Å². The first-order valence-electron chi connectivity index (χ1n) is 7.41. The molecule has 0 fully saturated rings. The van der Waals surface area contributed by atoms with Crippen LogP contribution in [0.1, 0.15) is 12.0 Å². The van der Waals surface area contributed by atoms with Crippen molar-refractivity contribution in [2.45, 2.75) is 13.0 Å².